The molecule has 1 aliphatic heterocycles. The Hall–Kier alpha value is -0.840. The molecular formula is C15H22ClFN2O. The van der Waals surface area contributed by atoms with E-state index < -0.39 is 0 Å². The van der Waals surface area contributed by atoms with Gasteiger partial charge in [0.1, 0.15) is 18.2 Å². The Kier molecular flexibility index (Phi) is 5.64. The highest BCUT2D eigenvalue weighted by atomic mass is 35.5. The molecule has 0 aromatic heterocycles. The lowest BCUT2D eigenvalue weighted by atomic mass is 9.97. The van der Waals surface area contributed by atoms with Crippen molar-refractivity contribution in [3.05, 3.63) is 29.0 Å². The number of hydrogen-bond acceptors (Lipinski definition) is 3. The van der Waals surface area contributed by atoms with E-state index in [0.29, 0.717) is 23.4 Å². The molecule has 2 atom stereocenters. The summed E-state index contributed by atoms with van der Waals surface area (Å²) in [5.41, 5.74) is 6.04. The number of nitrogens with zero attached hydrogens (tertiary/aromatic N) is 1. The maximum Gasteiger partial charge on any atom is 0.138 e. The van der Waals surface area contributed by atoms with Crippen molar-refractivity contribution in [2.24, 2.45) is 5.73 Å². The molecule has 2 unspecified atom stereocenters. The minimum absolute atomic E-state index is 0.171. The SMILES string of the molecule is CC(N)C1CCCCN1CCOc1ccc(F)cc1Cl. The second kappa shape index (κ2) is 7.25. The first-order chi connectivity index (χ1) is 9.58. The predicted octanol–water partition coefficient (Wildman–Crippen LogP) is 3.06. The molecule has 0 saturated carbocycles. The quantitative estimate of drug-likeness (QED) is 0.908. The molecule has 5 heteroatoms. The summed E-state index contributed by atoms with van der Waals surface area (Å²) in [6, 6.07) is 4.78. The zero-order valence-electron chi connectivity index (χ0n) is 11.8. The van der Waals surface area contributed by atoms with Gasteiger partial charge in [0.2, 0.25) is 0 Å². The number of nitrogens with two attached hydrogens (primary N) is 1. The van der Waals surface area contributed by atoms with Gasteiger partial charge >= 0.3 is 0 Å². The number of likely N-dealkylation sites (tertiary alicyclic amines) is 1. The Morgan fingerprint density at radius 3 is 3.00 bits per heavy atom. The van der Waals surface area contributed by atoms with Gasteiger partial charge in [-0.05, 0) is 44.5 Å². The summed E-state index contributed by atoms with van der Waals surface area (Å²) in [4.78, 5) is 2.38. The third kappa shape index (κ3) is 4.08. The topological polar surface area (TPSA) is 38.5 Å². The maximum absolute atomic E-state index is 12.9. The van der Waals surface area contributed by atoms with Gasteiger partial charge in [0, 0.05) is 18.6 Å². The summed E-state index contributed by atoms with van der Waals surface area (Å²) in [5, 5.41) is 0.312. The van der Waals surface area contributed by atoms with Crippen LogP contribution in [-0.4, -0.2) is 36.7 Å². The van der Waals surface area contributed by atoms with Crippen molar-refractivity contribution >= 4 is 11.6 Å². The van der Waals surface area contributed by atoms with Crippen LogP contribution in [0.15, 0.2) is 18.2 Å². The van der Waals surface area contributed by atoms with Crippen molar-refractivity contribution in [1.82, 2.24) is 4.90 Å². The van der Waals surface area contributed by atoms with Crippen molar-refractivity contribution in [3.63, 3.8) is 0 Å². The third-order valence-corrected chi connectivity index (χ3v) is 4.10. The second-order valence-corrected chi connectivity index (χ2v) is 5.79. The van der Waals surface area contributed by atoms with Crippen LogP contribution in [-0.2, 0) is 0 Å². The molecule has 3 nitrogen and oxygen atoms in total. The van der Waals surface area contributed by atoms with Gasteiger partial charge < -0.3 is 10.5 Å². The number of hydrogen-bond donors (Lipinski definition) is 1. The lowest BCUT2D eigenvalue weighted by Gasteiger charge is -2.37. The smallest absolute Gasteiger partial charge is 0.138 e. The summed E-state index contributed by atoms with van der Waals surface area (Å²) < 4.78 is 18.6. The number of rotatable bonds is 5. The van der Waals surface area contributed by atoms with Crippen LogP contribution in [0.2, 0.25) is 5.02 Å². The Morgan fingerprint density at radius 2 is 2.30 bits per heavy atom. The first-order valence-corrected chi connectivity index (χ1v) is 7.53. The number of benzene rings is 1. The van der Waals surface area contributed by atoms with Gasteiger partial charge in [-0.15, -0.1) is 0 Å². The molecule has 1 fully saturated rings. The molecule has 1 aromatic carbocycles. The Labute approximate surface area is 124 Å². The first-order valence-electron chi connectivity index (χ1n) is 7.15. The van der Waals surface area contributed by atoms with Gasteiger partial charge in [0.15, 0.2) is 0 Å². The highest BCUT2D eigenvalue weighted by molar-refractivity contribution is 6.32. The standard InChI is InChI=1S/C15H22ClFN2O/c1-11(18)14-4-2-3-7-19(14)8-9-20-15-6-5-12(17)10-13(15)16/h5-6,10-11,14H,2-4,7-9,18H2,1H3. The van der Waals surface area contributed by atoms with Crippen LogP contribution in [0.3, 0.4) is 0 Å². The van der Waals surface area contributed by atoms with Crippen molar-refractivity contribution in [2.45, 2.75) is 38.3 Å². The maximum atomic E-state index is 12.9. The van der Waals surface area contributed by atoms with Crippen molar-refractivity contribution < 1.29 is 9.13 Å². The summed E-state index contributed by atoms with van der Waals surface area (Å²) in [5.74, 6) is 0.179. The molecule has 112 valence electrons. The molecule has 1 heterocycles. The average Bonchev–Trinajstić information content (AvgIpc) is 2.41. The van der Waals surface area contributed by atoms with Crippen LogP contribution in [0.1, 0.15) is 26.2 Å². The monoisotopic (exact) mass is 300 g/mol. The highest BCUT2D eigenvalue weighted by Crippen LogP contribution is 2.25. The third-order valence-electron chi connectivity index (χ3n) is 3.80. The fourth-order valence-electron chi connectivity index (χ4n) is 2.75. The van der Waals surface area contributed by atoms with E-state index in [-0.39, 0.29) is 11.9 Å². The Morgan fingerprint density at radius 1 is 1.50 bits per heavy atom. The van der Waals surface area contributed by atoms with E-state index >= 15 is 0 Å². The van der Waals surface area contributed by atoms with Gasteiger partial charge in [-0.25, -0.2) is 4.39 Å². The first kappa shape index (κ1) is 15.5. The van der Waals surface area contributed by atoms with E-state index in [0.717, 1.165) is 19.5 Å². The normalized spacial score (nSPS) is 21.7. The van der Waals surface area contributed by atoms with Crippen molar-refractivity contribution in [1.29, 1.82) is 0 Å². The molecule has 0 spiro atoms. The van der Waals surface area contributed by atoms with Gasteiger partial charge in [-0.2, -0.15) is 0 Å². The van der Waals surface area contributed by atoms with Crippen LogP contribution < -0.4 is 10.5 Å². The summed E-state index contributed by atoms with van der Waals surface area (Å²) in [7, 11) is 0. The fourth-order valence-corrected chi connectivity index (χ4v) is 2.98. The lowest BCUT2D eigenvalue weighted by molar-refractivity contribution is 0.109. The van der Waals surface area contributed by atoms with E-state index in [1.54, 1.807) is 6.07 Å². The number of ether oxygens (including phenoxy) is 1. The van der Waals surface area contributed by atoms with E-state index in [4.69, 9.17) is 22.1 Å². The van der Waals surface area contributed by atoms with Gasteiger partial charge in [-0.3, -0.25) is 4.90 Å². The minimum Gasteiger partial charge on any atom is -0.491 e. The van der Waals surface area contributed by atoms with Gasteiger partial charge in [0.25, 0.3) is 0 Å². The molecule has 0 bridgehead atoms. The average molecular weight is 301 g/mol. The summed E-state index contributed by atoms with van der Waals surface area (Å²) in [6.07, 6.45) is 3.60. The Balaban J connectivity index is 1.85. The molecule has 2 N–H and O–H groups in total. The molecule has 1 aromatic rings. The van der Waals surface area contributed by atoms with E-state index in [2.05, 4.69) is 11.8 Å². The molecular weight excluding hydrogens is 279 g/mol. The van der Waals surface area contributed by atoms with Crippen LogP contribution in [0.5, 0.6) is 5.75 Å². The lowest BCUT2D eigenvalue weighted by Crippen LogP contribution is -2.50. The molecule has 2 rings (SSSR count). The summed E-state index contributed by atoms with van der Waals surface area (Å²) in [6.45, 7) is 4.47. The molecule has 20 heavy (non-hydrogen) atoms. The molecule has 0 aliphatic carbocycles. The molecule has 0 amide bonds. The van der Waals surface area contributed by atoms with Crippen LogP contribution in [0.25, 0.3) is 0 Å². The van der Waals surface area contributed by atoms with Crippen molar-refractivity contribution in [2.75, 3.05) is 19.7 Å². The zero-order valence-corrected chi connectivity index (χ0v) is 12.6. The van der Waals surface area contributed by atoms with E-state index in [9.17, 15) is 4.39 Å². The number of halogens is 2. The minimum atomic E-state index is -0.351. The van der Waals surface area contributed by atoms with Crippen LogP contribution in [0.4, 0.5) is 4.39 Å². The highest BCUT2D eigenvalue weighted by Gasteiger charge is 2.24. The van der Waals surface area contributed by atoms with Gasteiger partial charge in [-0.1, -0.05) is 18.0 Å². The van der Waals surface area contributed by atoms with Crippen LogP contribution in [0, 0.1) is 5.82 Å². The fraction of sp³-hybridized carbons (Fsp3) is 0.600. The van der Waals surface area contributed by atoms with Crippen LogP contribution >= 0.6 is 11.6 Å². The molecule has 1 saturated heterocycles. The van der Waals surface area contributed by atoms with E-state index in [1.165, 1.54) is 25.0 Å². The second-order valence-electron chi connectivity index (χ2n) is 5.38. The van der Waals surface area contributed by atoms with Gasteiger partial charge in [0.05, 0.1) is 5.02 Å². The largest absolute Gasteiger partial charge is 0.491 e. The molecule has 0 radical (unpaired) electrons. The predicted molar refractivity (Wildman–Crippen MR) is 79.8 cm³/mol. The number of piperidine rings is 1. The Bertz CT molecular complexity index is 442. The van der Waals surface area contributed by atoms with Crippen molar-refractivity contribution in [3.8, 4) is 5.75 Å². The summed E-state index contributed by atoms with van der Waals surface area (Å²) >= 11 is 5.93. The zero-order chi connectivity index (χ0) is 14.5. The van der Waals surface area contributed by atoms with E-state index in [1.807, 2.05) is 0 Å². The molecule has 1 aliphatic rings.